The minimum Gasteiger partial charge on any atom is -0.488 e. The van der Waals surface area contributed by atoms with Gasteiger partial charge in [-0.2, -0.15) is 0 Å². The largest absolute Gasteiger partial charge is 0.488 e. The Labute approximate surface area is 90.1 Å². The summed E-state index contributed by atoms with van der Waals surface area (Å²) in [5.41, 5.74) is 0.286. The first-order valence-corrected chi connectivity index (χ1v) is 5.13. The van der Waals surface area contributed by atoms with Crippen LogP contribution >= 0.6 is 0 Å². The number of hydrogen-bond donors (Lipinski definition) is 0. The average molecular weight is 216 g/mol. The highest BCUT2D eigenvalue weighted by Crippen LogP contribution is 2.21. The molecule has 0 radical (unpaired) electrons. The van der Waals surface area contributed by atoms with Gasteiger partial charge in [-0.05, 0) is 32.4 Å². The Kier molecular flexibility index (Phi) is 5.90. The van der Waals surface area contributed by atoms with Crippen LogP contribution < -0.4 is 4.74 Å². The summed E-state index contributed by atoms with van der Waals surface area (Å²) >= 11 is 0. The van der Waals surface area contributed by atoms with E-state index in [1.807, 2.05) is 13.8 Å². The summed E-state index contributed by atoms with van der Waals surface area (Å²) in [5.74, 6) is -0.997. The molecule has 0 spiro atoms. The van der Waals surface area contributed by atoms with Gasteiger partial charge < -0.3 is 4.74 Å². The van der Waals surface area contributed by atoms with Crippen LogP contribution in [0.15, 0.2) is 12.1 Å². The molecule has 86 valence electrons. The summed E-state index contributed by atoms with van der Waals surface area (Å²) < 4.78 is 31.1. The molecule has 0 aromatic heterocycles. The molecule has 0 bridgehead atoms. The first-order chi connectivity index (χ1) is 7.00. The van der Waals surface area contributed by atoms with Gasteiger partial charge >= 0.3 is 0 Å². The predicted molar refractivity (Wildman–Crippen MR) is 58.2 cm³/mol. The number of halogens is 2. The fourth-order valence-electron chi connectivity index (χ4n) is 0.972. The molecule has 15 heavy (non-hydrogen) atoms. The van der Waals surface area contributed by atoms with E-state index in [9.17, 15) is 8.78 Å². The van der Waals surface area contributed by atoms with Gasteiger partial charge in [-0.1, -0.05) is 13.8 Å². The molecule has 0 heterocycles. The second-order valence-corrected chi connectivity index (χ2v) is 3.20. The smallest absolute Gasteiger partial charge is 0.165 e. The molecule has 0 unspecified atom stereocenters. The van der Waals surface area contributed by atoms with Crippen LogP contribution in [0.2, 0.25) is 0 Å². The Hall–Kier alpha value is -1.12. The van der Waals surface area contributed by atoms with Gasteiger partial charge in [-0.25, -0.2) is 8.78 Å². The zero-order chi connectivity index (χ0) is 12.0. The van der Waals surface area contributed by atoms with E-state index in [0.717, 1.165) is 12.1 Å². The third-order valence-electron chi connectivity index (χ3n) is 1.58. The van der Waals surface area contributed by atoms with Crippen molar-refractivity contribution in [2.45, 2.75) is 40.7 Å². The maximum Gasteiger partial charge on any atom is 0.165 e. The third-order valence-corrected chi connectivity index (χ3v) is 1.58. The van der Waals surface area contributed by atoms with Gasteiger partial charge in [0, 0.05) is 6.07 Å². The molecule has 0 fully saturated rings. The highest BCUT2D eigenvalue weighted by atomic mass is 19.1. The normalized spacial score (nSPS) is 9.60. The summed E-state index contributed by atoms with van der Waals surface area (Å²) in [4.78, 5) is 0. The SMILES string of the molecule is CC.Cc1cc(F)c(OC(C)C)cc1F. The second kappa shape index (κ2) is 6.38. The lowest BCUT2D eigenvalue weighted by Crippen LogP contribution is -2.07. The van der Waals surface area contributed by atoms with Crippen molar-refractivity contribution in [1.82, 2.24) is 0 Å². The molecule has 0 saturated heterocycles. The Bertz CT molecular complexity index is 309. The average Bonchev–Trinajstić information content (AvgIpc) is 2.17. The second-order valence-electron chi connectivity index (χ2n) is 3.20. The first-order valence-electron chi connectivity index (χ1n) is 5.13. The van der Waals surface area contributed by atoms with E-state index in [1.165, 1.54) is 6.92 Å². The van der Waals surface area contributed by atoms with Crippen LogP contribution in [0.5, 0.6) is 5.75 Å². The number of benzene rings is 1. The van der Waals surface area contributed by atoms with Crippen LogP contribution in [0, 0.1) is 18.6 Å². The Balaban J connectivity index is 0.000000921. The molecule has 1 aromatic rings. The minimum absolute atomic E-state index is 0.0295. The number of hydrogen-bond acceptors (Lipinski definition) is 1. The van der Waals surface area contributed by atoms with E-state index in [2.05, 4.69) is 0 Å². The van der Waals surface area contributed by atoms with E-state index in [-0.39, 0.29) is 17.4 Å². The van der Waals surface area contributed by atoms with Gasteiger partial charge in [-0.3, -0.25) is 0 Å². The monoisotopic (exact) mass is 216 g/mol. The summed E-state index contributed by atoms with van der Waals surface area (Å²) in [5, 5.41) is 0. The van der Waals surface area contributed by atoms with Crippen LogP contribution in [0.1, 0.15) is 33.3 Å². The van der Waals surface area contributed by atoms with Crippen molar-refractivity contribution in [1.29, 1.82) is 0 Å². The van der Waals surface area contributed by atoms with E-state index < -0.39 is 11.6 Å². The Morgan fingerprint density at radius 3 is 2.07 bits per heavy atom. The fraction of sp³-hybridized carbons (Fsp3) is 0.500. The van der Waals surface area contributed by atoms with Crippen LogP contribution in [0.4, 0.5) is 8.78 Å². The van der Waals surface area contributed by atoms with Gasteiger partial charge in [0.1, 0.15) is 5.82 Å². The molecule has 1 rings (SSSR count). The van der Waals surface area contributed by atoms with Gasteiger partial charge in [0.2, 0.25) is 0 Å². The molecule has 0 N–H and O–H groups in total. The lowest BCUT2D eigenvalue weighted by Gasteiger charge is -2.11. The van der Waals surface area contributed by atoms with Gasteiger partial charge in [0.25, 0.3) is 0 Å². The van der Waals surface area contributed by atoms with Crippen molar-refractivity contribution in [2.24, 2.45) is 0 Å². The molecular formula is C12H18F2O. The summed E-state index contributed by atoms with van der Waals surface area (Å²) in [6.45, 7) is 9.03. The Morgan fingerprint density at radius 2 is 1.60 bits per heavy atom. The summed E-state index contributed by atoms with van der Waals surface area (Å²) in [7, 11) is 0. The zero-order valence-electron chi connectivity index (χ0n) is 9.90. The van der Waals surface area contributed by atoms with E-state index >= 15 is 0 Å². The number of aryl methyl sites for hydroxylation is 1. The maximum absolute atomic E-state index is 13.1. The Morgan fingerprint density at radius 1 is 1.07 bits per heavy atom. The number of ether oxygens (including phenoxy) is 1. The van der Waals surface area contributed by atoms with Gasteiger partial charge in [-0.15, -0.1) is 0 Å². The van der Waals surface area contributed by atoms with Crippen molar-refractivity contribution < 1.29 is 13.5 Å². The molecule has 3 heteroatoms. The number of rotatable bonds is 2. The van der Waals surface area contributed by atoms with Crippen molar-refractivity contribution in [3.05, 3.63) is 29.3 Å². The third kappa shape index (κ3) is 4.28. The molecule has 0 aliphatic rings. The van der Waals surface area contributed by atoms with Crippen molar-refractivity contribution >= 4 is 0 Å². The van der Waals surface area contributed by atoms with Crippen molar-refractivity contribution in [2.75, 3.05) is 0 Å². The quantitative estimate of drug-likeness (QED) is 0.723. The van der Waals surface area contributed by atoms with Crippen LogP contribution in [0.3, 0.4) is 0 Å². The minimum atomic E-state index is -0.521. The predicted octanol–water partition coefficient (Wildman–Crippen LogP) is 4.09. The molecule has 0 aliphatic heterocycles. The highest BCUT2D eigenvalue weighted by molar-refractivity contribution is 5.30. The van der Waals surface area contributed by atoms with Crippen LogP contribution in [-0.2, 0) is 0 Å². The van der Waals surface area contributed by atoms with E-state index in [4.69, 9.17) is 4.74 Å². The summed E-state index contributed by atoms with van der Waals surface area (Å²) in [6, 6.07) is 2.21. The summed E-state index contributed by atoms with van der Waals surface area (Å²) in [6.07, 6.45) is -0.156. The molecular weight excluding hydrogens is 198 g/mol. The zero-order valence-corrected chi connectivity index (χ0v) is 9.90. The highest BCUT2D eigenvalue weighted by Gasteiger charge is 2.09. The van der Waals surface area contributed by atoms with Gasteiger partial charge in [0.05, 0.1) is 6.10 Å². The van der Waals surface area contributed by atoms with E-state index in [1.54, 1.807) is 13.8 Å². The first kappa shape index (κ1) is 13.9. The molecule has 0 saturated carbocycles. The van der Waals surface area contributed by atoms with Crippen molar-refractivity contribution in [3.63, 3.8) is 0 Å². The van der Waals surface area contributed by atoms with Crippen LogP contribution in [-0.4, -0.2) is 6.10 Å². The molecule has 0 amide bonds. The van der Waals surface area contributed by atoms with Gasteiger partial charge in [0.15, 0.2) is 11.6 Å². The lowest BCUT2D eigenvalue weighted by molar-refractivity contribution is 0.230. The fourth-order valence-corrected chi connectivity index (χ4v) is 0.972. The standard InChI is InChI=1S/C10H12F2O.C2H6/c1-6(2)13-10-5-8(11)7(3)4-9(10)12;1-2/h4-6H,1-3H3;1-2H3. The topological polar surface area (TPSA) is 9.23 Å². The van der Waals surface area contributed by atoms with Crippen LogP contribution in [0.25, 0.3) is 0 Å². The molecule has 0 atom stereocenters. The molecule has 0 aliphatic carbocycles. The van der Waals surface area contributed by atoms with Crippen molar-refractivity contribution in [3.8, 4) is 5.75 Å². The maximum atomic E-state index is 13.1. The lowest BCUT2D eigenvalue weighted by atomic mass is 10.2. The van der Waals surface area contributed by atoms with E-state index in [0.29, 0.717) is 0 Å². The molecule has 1 nitrogen and oxygen atoms in total. The molecule has 1 aromatic carbocycles.